The summed E-state index contributed by atoms with van der Waals surface area (Å²) < 4.78 is 0. The summed E-state index contributed by atoms with van der Waals surface area (Å²) in [6.07, 6.45) is 3.36. The van der Waals surface area contributed by atoms with Gasteiger partial charge in [-0.15, -0.1) is 0 Å². The molecule has 0 aliphatic heterocycles. The number of nitrogens with zero attached hydrogens (tertiary/aromatic N) is 1. The number of anilines is 1. The van der Waals surface area contributed by atoms with Crippen LogP contribution in [-0.2, 0) is 6.54 Å². The van der Waals surface area contributed by atoms with Crippen LogP contribution in [0.5, 0.6) is 0 Å². The first-order valence-corrected chi connectivity index (χ1v) is 6.01. The number of nitrogens with one attached hydrogen (secondary N) is 1. The number of benzene rings is 1. The maximum absolute atomic E-state index is 6.13. The number of halogens is 2. The van der Waals surface area contributed by atoms with Crippen molar-refractivity contribution in [1.82, 2.24) is 4.98 Å². The minimum Gasteiger partial charge on any atom is -0.380 e. The summed E-state index contributed by atoms with van der Waals surface area (Å²) in [6, 6.07) is 7.80. The lowest BCUT2D eigenvalue weighted by Crippen LogP contribution is -2.00. The second-order valence-electron chi connectivity index (χ2n) is 3.80. The Balaban J connectivity index is 2.10. The first-order valence-electron chi connectivity index (χ1n) is 5.25. The van der Waals surface area contributed by atoms with Crippen LogP contribution in [0.1, 0.15) is 11.1 Å². The fourth-order valence-corrected chi connectivity index (χ4v) is 1.99. The van der Waals surface area contributed by atoms with E-state index in [0.717, 1.165) is 21.8 Å². The fraction of sp³-hybridized carbons (Fsp3) is 0.154. The van der Waals surface area contributed by atoms with Crippen LogP contribution in [0.25, 0.3) is 0 Å². The molecule has 2 rings (SSSR count). The average Bonchev–Trinajstić information content (AvgIpc) is 2.30. The van der Waals surface area contributed by atoms with Crippen molar-refractivity contribution in [1.29, 1.82) is 0 Å². The zero-order valence-electron chi connectivity index (χ0n) is 9.37. The highest BCUT2D eigenvalue weighted by molar-refractivity contribution is 6.33. The molecule has 0 amide bonds. The minimum atomic E-state index is 0.629. The van der Waals surface area contributed by atoms with Gasteiger partial charge in [0.05, 0.1) is 15.7 Å². The summed E-state index contributed by atoms with van der Waals surface area (Å²) in [5.41, 5.74) is 3.05. The van der Waals surface area contributed by atoms with Crippen molar-refractivity contribution in [3.63, 3.8) is 0 Å². The van der Waals surface area contributed by atoms with Crippen LogP contribution in [0.3, 0.4) is 0 Å². The molecular formula is C13H12Cl2N2. The van der Waals surface area contributed by atoms with Gasteiger partial charge in [-0.1, -0.05) is 29.3 Å². The predicted molar refractivity (Wildman–Crippen MR) is 72.8 cm³/mol. The molecular weight excluding hydrogens is 255 g/mol. The van der Waals surface area contributed by atoms with Crippen LogP contribution in [0.15, 0.2) is 36.7 Å². The molecule has 1 N–H and O–H groups in total. The highest BCUT2D eigenvalue weighted by Gasteiger charge is 2.02. The Morgan fingerprint density at radius 1 is 1.18 bits per heavy atom. The van der Waals surface area contributed by atoms with Crippen molar-refractivity contribution in [3.8, 4) is 0 Å². The number of hydrogen-bond donors (Lipinski definition) is 1. The molecule has 0 saturated carbocycles. The lowest BCUT2D eigenvalue weighted by molar-refractivity contribution is 1.13. The zero-order valence-corrected chi connectivity index (χ0v) is 10.9. The highest BCUT2D eigenvalue weighted by Crippen LogP contribution is 2.24. The van der Waals surface area contributed by atoms with Crippen LogP contribution in [-0.4, -0.2) is 4.98 Å². The van der Waals surface area contributed by atoms with Crippen LogP contribution >= 0.6 is 23.2 Å². The molecule has 2 nitrogen and oxygen atoms in total. The molecule has 2 aromatic rings. The zero-order chi connectivity index (χ0) is 12.3. The van der Waals surface area contributed by atoms with E-state index in [2.05, 4.69) is 10.3 Å². The Bertz CT molecular complexity index is 527. The Morgan fingerprint density at radius 2 is 2.00 bits per heavy atom. The SMILES string of the molecule is Cc1ccc(NCc2ccncc2Cl)c(Cl)c1. The van der Waals surface area contributed by atoms with E-state index >= 15 is 0 Å². The van der Waals surface area contributed by atoms with Gasteiger partial charge in [0.15, 0.2) is 0 Å². The Hall–Kier alpha value is -1.25. The van der Waals surface area contributed by atoms with Crippen molar-refractivity contribution in [3.05, 3.63) is 57.8 Å². The average molecular weight is 267 g/mol. The van der Waals surface area contributed by atoms with Gasteiger partial charge in [-0.3, -0.25) is 4.98 Å². The quantitative estimate of drug-likeness (QED) is 0.896. The van der Waals surface area contributed by atoms with Crippen LogP contribution in [0, 0.1) is 6.92 Å². The molecule has 0 fully saturated rings. The van der Waals surface area contributed by atoms with Crippen LogP contribution < -0.4 is 5.32 Å². The molecule has 1 aromatic heterocycles. The molecule has 0 saturated heterocycles. The van der Waals surface area contributed by atoms with Gasteiger partial charge in [0, 0.05) is 18.9 Å². The number of aryl methyl sites for hydroxylation is 1. The normalized spacial score (nSPS) is 10.3. The summed E-state index contributed by atoms with van der Waals surface area (Å²) in [4.78, 5) is 3.94. The summed E-state index contributed by atoms with van der Waals surface area (Å²) in [5.74, 6) is 0. The van der Waals surface area contributed by atoms with E-state index in [4.69, 9.17) is 23.2 Å². The molecule has 0 unspecified atom stereocenters. The molecule has 88 valence electrons. The molecule has 1 heterocycles. The molecule has 0 radical (unpaired) electrons. The molecule has 0 aliphatic rings. The van der Waals surface area contributed by atoms with Crippen molar-refractivity contribution in [2.75, 3.05) is 5.32 Å². The van der Waals surface area contributed by atoms with E-state index in [9.17, 15) is 0 Å². The maximum atomic E-state index is 6.13. The number of aromatic nitrogens is 1. The molecule has 1 aromatic carbocycles. The number of hydrogen-bond acceptors (Lipinski definition) is 2. The van der Waals surface area contributed by atoms with Gasteiger partial charge in [0.25, 0.3) is 0 Å². The summed E-state index contributed by atoms with van der Waals surface area (Å²) in [6.45, 7) is 2.64. The molecule has 0 spiro atoms. The summed E-state index contributed by atoms with van der Waals surface area (Å²) in [7, 11) is 0. The third kappa shape index (κ3) is 3.11. The van der Waals surface area contributed by atoms with Gasteiger partial charge in [-0.25, -0.2) is 0 Å². The predicted octanol–water partition coefficient (Wildman–Crippen LogP) is 4.31. The smallest absolute Gasteiger partial charge is 0.0640 e. The van der Waals surface area contributed by atoms with Gasteiger partial charge < -0.3 is 5.32 Å². The van der Waals surface area contributed by atoms with E-state index in [-0.39, 0.29) is 0 Å². The van der Waals surface area contributed by atoms with Gasteiger partial charge in [0.2, 0.25) is 0 Å². The standard InChI is InChI=1S/C13H12Cl2N2/c1-9-2-3-13(11(14)6-9)17-7-10-4-5-16-8-12(10)15/h2-6,8,17H,7H2,1H3. The summed E-state index contributed by atoms with van der Waals surface area (Å²) in [5, 5.41) is 4.63. The summed E-state index contributed by atoms with van der Waals surface area (Å²) >= 11 is 12.1. The van der Waals surface area contributed by atoms with Crippen molar-refractivity contribution in [2.45, 2.75) is 13.5 Å². The van der Waals surface area contributed by atoms with Crippen molar-refractivity contribution in [2.24, 2.45) is 0 Å². The first-order chi connectivity index (χ1) is 8.16. The minimum absolute atomic E-state index is 0.629. The van der Waals surface area contributed by atoms with Gasteiger partial charge in [-0.05, 0) is 36.2 Å². The fourth-order valence-electron chi connectivity index (χ4n) is 1.50. The third-order valence-electron chi connectivity index (χ3n) is 2.45. The van der Waals surface area contributed by atoms with Gasteiger partial charge in [-0.2, -0.15) is 0 Å². The van der Waals surface area contributed by atoms with Gasteiger partial charge >= 0.3 is 0 Å². The largest absolute Gasteiger partial charge is 0.380 e. The van der Waals surface area contributed by atoms with E-state index in [1.54, 1.807) is 12.4 Å². The third-order valence-corrected chi connectivity index (χ3v) is 3.10. The Labute approximate surface area is 111 Å². The molecule has 0 aliphatic carbocycles. The number of pyridine rings is 1. The van der Waals surface area contributed by atoms with Crippen molar-refractivity contribution < 1.29 is 0 Å². The van der Waals surface area contributed by atoms with E-state index in [0.29, 0.717) is 11.6 Å². The van der Waals surface area contributed by atoms with Crippen LogP contribution in [0.2, 0.25) is 10.0 Å². The second-order valence-corrected chi connectivity index (χ2v) is 4.62. The van der Waals surface area contributed by atoms with E-state index in [1.807, 2.05) is 31.2 Å². The topological polar surface area (TPSA) is 24.9 Å². The van der Waals surface area contributed by atoms with Crippen molar-refractivity contribution >= 4 is 28.9 Å². The molecule has 4 heteroatoms. The lowest BCUT2D eigenvalue weighted by Gasteiger charge is -2.09. The second kappa shape index (κ2) is 5.39. The van der Waals surface area contributed by atoms with E-state index in [1.165, 1.54) is 0 Å². The molecule has 17 heavy (non-hydrogen) atoms. The monoisotopic (exact) mass is 266 g/mol. The number of rotatable bonds is 3. The highest BCUT2D eigenvalue weighted by atomic mass is 35.5. The molecule has 0 atom stereocenters. The van der Waals surface area contributed by atoms with E-state index < -0.39 is 0 Å². The molecule has 0 bridgehead atoms. The Morgan fingerprint density at radius 3 is 2.71 bits per heavy atom. The first kappa shape index (κ1) is 12.2. The Kier molecular flexibility index (Phi) is 3.87. The van der Waals surface area contributed by atoms with Crippen LogP contribution in [0.4, 0.5) is 5.69 Å². The van der Waals surface area contributed by atoms with Gasteiger partial charge in [0.1, 0.15) is 0 Å². The maximum Gasteiger partial charge on any atom is 0.0640 e. The lowest BCUT2D eigenvalue weighted by atomic mass is 10.2.